The molecule has 0 unspecified atom stereocenters. The molecule has 4 heterocycles. The van der Waals surface area contributed by atoms with E-state index in [1.165, 1.54) is 20.2 Å². The summed E-state index contributed by atoms with van der Waals surface area (Å²) in [7, 11) is 0. The van der Waals surface area contributed by atoms with Gasteiger partial charge in [-0.2, -0.15) is 0 Å². The molecule has 0 fully saturated rings. The number of rotatable bonds is 5. The molecule has 0 aliphatic rings. The Labute approximate surface area is 342 Å². The smallest absolute Gasteiger partial charge is 0.143 e. The van der Waals surface area contributed by atoms with E-state index < -0.39 is 0 Å². The van der Waals surface area contributed by atoms with Crippen LogP contribution in [0.1, 0.15) is 0 Å². The first kappa shape index (κ1) is 32.5. The van der Waals surface area contributed by atoms with E-state index in [9.17, 15) is 0 Å². The highest BCUT2D eigenvalue weighted by Gasteiger charge is 2.25. The van der Waals surface area contributed by atoms with E-state index in [0.717, 1.165) is 99.6 Å². The van der Waals surface area contributed by atoms with Crippen LogP contribution in [0.15, 0.2) is 203 Å². The van der Waals surface area contributed by atoms with Gasteiger partial charge in [0.1, 0.15) is 22.3 Å². The number of benzene rings is 9. The highest BCUT2D eigenvalue weighted by molar-refractivity contribution is 7.25. The lowest BCUT2D eigenvalue weighted by molar-refractivity contribution is 0.669. The molecular weight excluding hydrogens is 741 g/mol. The van der Waals surface area contributed by atoms with Crippen molar-refractivity contribution in [2.24, 2.45) is 0 Å². The second kappa shape index (κ2) is 12.4. The molecule has 5 heteroatoms. The fourth-order valence-corrected chi connectivity index (χ4v) is 10.6. The number of anilines is 3. The van der Waals surface area contributed by atoms with Gasteiger partial charge in [0.05, 0.1) is 11.0 Å². The van der Waals surface area contributed by atoms with Crippen LogP contribution in [-0.4, -0.2) is 4.57 Å². The summed E-state index contributed by atoms with van der Waals surface area (Å²) in [4.78, 5) is 2.37. The first-order chi connectivity index (χ1) is 29.3. The molecule has 9 aromatic carbocycles. The van der Waals surface area contributed by atoms with Gasteiger partial charge in [-0.25, -0.2) is 0 Å². The fourth-order valence-electron chi connectivity index (χ4n) is 9.47. The Hall–Kier alpha value is -7.60. The van der Waals surface area contributed by atoms with Crippen molar-refractivity contribution >= 4 is 114 Å². The van der Waals surface area contributed by atoms with E-state index >= 15 is 0 Å². The summed E-state index contributed by atoms with van der Waals surface area (Å²) in [5.74, 6) is 0. The van der Waals surface area contributed by atoms with E-state index in [-0.39, 0.29) is 0 Å². The van der Waals surface area contributed by atoms with Gasteiger partial charge >= 0.3 is 0 Å². The standard InChI is InChI=1S/C54H32N2O2S/c1-2-14-33(15-3-1)55(36-28-29-50-43(31-36)38-19-7-11-27-49(38)59-50)34-16-12-17-35(30-34)56-44-24-8-4-20-40(44)51-45(56)32-48-52(41-21-6-10-26-47(41)57-48)53(51)42-23-13-22-39-37-18-5-9-25-46(37)58-54(39)42/h1-32H. The first-order valence-electron chi connectivity index (χ1n) is 19.9. The maximum atomic E-state index is 6.77. The quantitative estimate of drug-likeness (QED) is 0.175. The predicted molar refractivity (Wildman–Crippen MR) is 248 cm³/mol. The lowest BCUT2D eigenvalue weighted by Gasteiger charge is -2.26. The largest absolute Gasteiger partial charge is 0.456 e. The third kappa shape index (κ3) is 4.77. The summed E-state index contributed by atoms with van der Waals surface area (Å²) in [5.41, 5.74) is 12.1. The zero-order valence-electron chi connectivity index (χ0n) is 31.6. The molecule has 13 aromatic rings. The van der Waals surface area contributed by atoms with Crippen molar-refractivity contribution in [1.82, 2.24) is 4.57 Å². The van der Waals surface area contributed by atoms with Crippen LogP contribution in [0.2, 0.25) is 0 Å². The van der Waals surface area contributed by atoms with E-state index in [2.05, 4.69) is 191 Å². The second-order valence-corrected chi connectivity index (χ2v) is 16.3. The van der Waals surface area contributed by atoms with Crippen molar-refractivity contribution < 1.29 is 8.83 Å². The zero-order chi connectivity index (χ0) is 38.6. The van der Waals surface area contributed by atoms with Crippen LogP contribution in [0, 0.1) is 0 Å². The highest BCUT2D eigenvalue weighted by Crippen LogP contribution is 2.49. The molecule has 0 aliphatic carbocycles. The molecule has 0 bridgehead atoms. The molecule has 0 saturated heterocycles. The number of hydrogen-bond acceptors (Lipinski definition) is 4. The Morgan fingerprint density at radius 1 is 0.390 bits per heavy atom. The molecule has 0 saturated carbocycles. The number of para-hydroxylation sites is 5. The van der Waals surface area contributed by atoms with Crippen molar-refractivity contribution in [2.75, 3.05) is 4.90 Å². The Kier molecular flexibility index (Phi) is 6.85. The number of nitrogens with zero attached hydrogens (tertiary/aromatic N) is 2. The van der Waals surface area contributed by atoms with Gasteiger partial charge in [0.2, 0.25) is 0 Å². The molecule has 0 radical (unpaired) electrons. The van der Waals surface area contributed by atoms with Crippen LogP contribution in [0.3, 0.4) is 0 Å². The van der Waals surface area contributed by atoms with Crippen LogP contribution < -0.4 is 4.90 Å². The second-order valence-electron chi connectivity index (χ2n) is 15.2. The van der Waals surface area contributed by atoms with Crippen molar-refractivity contribution in [3.8, 4) is 16.8 Å². The fraction of sp³-hybridized carbons (Fsp3) is 0. The molecule has 59 heavy (non-hydrogen) atoms. The van der Waals surface area contributed by atoms with Gasteiger partial charge in [-0.05, 0) is 72.8 Å². The van der Waals surface area contributed by atoms with Gasteiger partial charge in [-0.1, -0.05) is 115 Å². The van der Waals surface area contributed by atoms with Gasteiger partial charge in [-0.3, -0.25) is 0 Å². The lowest BCUT2D eigenvalue weighted by atomic mass is 9.93. The number of thiophene rings is 1. The van der Waals surface area contributed by atoms with Crippen molar-refractivity contribution in [2.45, 2.75) is 0 Å². The summed E-state index contributed by atoms with van der Waals surface area (Å²) in [6.45, 7) is 0. The highest BCUT2D eigenvalue weighted by atomic mass is 32.1. The van der Waals surface area contributed by atoms with Gasteiger partial charge in [0.25, 0.3) is 0 Å². The predicted octanol–water partition coefficient (Wildman–Crippen LogP) is 16.1. The Morgan fingerprint density at radius 2 is 1.05 bits per heavy atom. The van der Waals surface area contributed by atoms with Crippen LogP contribution in [0.5, 0.6) is 0 Å². The number of hydrogen-bond donors (Lipinski definition) is 0. The van der Waals surface area contributed by atoms with E-state index in [0.29, 0.717) is 0 Å². The lowest BCUT2D eigenvalue weighted by Crippen LogP contribution is -2.10. The molecule has 0 aliphatic heterocycles. The molecule has 0 atom stereocenters. The number of fused-ring (bicyclic) bond motifs is 12. The average Bonchev–Trinajstić information content (AvgIpc) is 4.05. The Bertz CT molecular complexity index is 3810. The molecule has 4 nitrogen and oxygen atoms in total. The molecule has 4 aromatic heterocycles. The molecule has 0 amide bonds. The number of aromatic nitrogens is 1. The van der Waals surface area contributed by atoms with E-state index in [1.54, 1.807) is 0 Å². The van der Waals surface area contributed by atoms with Crippen molar-refractivity contribution in [3.63, 3.8) is 0 Å². The summed E-state index contributed by atoms with van der Waals surface area (Å²) < 4.78 is 18.5. The third-order valence-electron chi connectivity index (χ3n) is 12.0. The van der Waals surface area contributed by atoms with Crippen molar-refractivity contribution in [3.05, 3.63) is 194 Å². The van der Waals surface area contributed by atoms with Gasteiger partial charge in [0, 0.05) is 92.4 Å². The van der Waals surface area contributed by atoms with E-state index in [1.807, 2.05) is 23.5 Å². The Balaban J connectivity index is 1.10. The van der Waals surface area contributed by atoms with Crippen LogP contribution in [0.4, 0.5) is 17.1 Å². The van der Waals surface area contributed by atoms with Gasteiger partial charge < -0.3 is 18.3 Å². The monoisotopic (exact) mass is 772 g/mol. The summed E-state index contributed by atoms with van der Waals surface area (Å²) in [6.07, 6.45) is 0. The summed E-state index contributed by atoms with van der Waals surface area (Å²) in [5, 5.41) is 9.26. The topological polar surface area (TPSA) is 34.5 Å². The SMILES string of the molecule is c1ccc(N(c2cccc(-n3c4ccccc4c4c(-c5cccc6c5oc5ccccc56)c5c(cc43)oc3ccccc35)c2)c2ccc3sc4ccccc4c3c2)cc1. The summed E-state index contributed by atoms with van der Waals surface area (Å²) in [6, 6.07) is 69.4. The first-order valence-corrected chi connectivity index (χ1v) is 20.7. The van der Waals surface area contributed by atoms with Crippen LogP contribution >= 0.6 is 11.3 Å². The molecular formula is C54H32N2O2S. The van der Waals surface area contributed by atoms with Gasteiger partial charge in [-0.15, -0.1) is 11.3 Å². The van der Waals surface area contributed by atoms with Crippen molar-refractivity contribution in [1.29, 1.82) is 0 Å². The molecule has 276 valence electrons. The maximum Gasteiger partial charge on any atom is 0.143 e. The van der Waals surface area contributed by atoms with Crippen LogP contribution in [-0.2, 0) is 0 Å². The third-order valence-corrected chi connectivity index (χ3v) is 13.1. The van der Waals surface area contributed by atoms with Crippen LogP contribution in [0.25, 0.3) is 103 Å². The van der Waals surface area contributed by atoms with Gasteiger partial charge in [0.15, 0.2) is 0 Å². The minimum absolute atomic E-state index is 0.837. The molecule has 0 N–H and O–H groups in total. The minimum atomic E-state index is 0.837. The molecule has 13 rings (SSSR count). The molecule has 0 spiro atoms. The minimum Gasteiger partial charge on any atom is -0.456 e. The Morgan fingerprint density at radius 3 is 1.93 bits per heavy atom. The van der Waals surface area contributed by atoms with E-state index in [4.69, 9.17) is 8.83 Å². The zero-order valence-corrected chi connectivity index (χ0v) is 32.4. The number of furan rings is 2. The normalized spacial score (nSPS) is 12.1. The maximum absolute atomic E-state index is 6.77. The summed E-state index contributed by atoms with van der Waals surface area (Å²) >= 11 is 1.84. The average molecular weight is 773 g/mol.